The zero-order valence-corrected chi connectivity index (χ0v) is 8.15. The lowest BCUT2D eigenvalue weighted by Crippen LogP contribution is -1.90. The Balaban J connectivity index is 2.32. The summed E-state index contributed by atoms with van der Waals surface area (Å²) in [6, 6.07) is 7.91. The Bertz CT molecular complexity index is 243. The van der Waals surface area contributed by atoms with Crippen molar-refractivity contribution in [3.05, 3.63) is 35.6 Å². The monoisotopic (exact) mass is 179 g/mol. The molecule has 0 bridgehead atoms. The van der Waals surface area contributed by atoms with E-state index in [1.54, 1.807) is 12.1 Å². The Morgan fingerprint density at radius 3 is 2.85 bits per heavy atom. The van der Waals surface area contributed by atoms with Crippen LogP contribution in [0.1, 0.15) is 38.2 Å². The minimum absolute atomic E-state index is 0.112. The van der Waals surface area contributed by atoms with Gasteiger partial charge in [-0.25, -0.2) is 4.39 Å². The van der Waals surface area contributed by atoms with Crippen LogP contribution in [-0.4, -0.2) is 0 Å². The van der Waals surface area contributed by atoms with Crippen LogP contribution in [0.4, 0.5) is 4.39 Å². The molecule has 1 aromatic carbocycles. The van der Waals surface area contributed by atoms with Crippen LogP contribution in [0.3, 0.4) is 0 Å². The summed E-state index contributed by atoms with van der Waals surface area (Å²) in [5.74, 6) is -0.112. The first-order valence-electron chi connectivity index (χ1n) is 4.99. The fraction of sp³-hybridized carbons (Fsp3) is 0.500. The van der Waals surface area contributed by atoms with E-state index < -0.39 is 0 Å². The lowest BCUT2D eigenvalue weighted by atomic mass is 10.1. The van der Waals surface area contributed by atoms with Crippen molar-refractivity contribution in [1.82, 2.24) is 0 Å². The molecule has 0 N–H and O–H groups in total. The van der Waals surface area contributed by atoms with E-state index in [-0.39, 0.29) is 5.82 Å². The molecule has 0 atom stereocenters. The maximum atomic E-state index is 13.1. The van der Waals surface area contributed by atoms with Gasteiger partial charge in [-0.3, -0.25) is 0 Å². The number of rotatable bonds is 5. The Labute approximate surface area is 79.8 Å². The molecule has 71 valence electrons. The first-order chi connectivity index (χ1) is 6.34. The number of unbranched alkanes of at least 4 members (excludes halogenated alkanes) is 3. The molecule has 13 heavy (non-hydrogen) atoms. The Kier molecular flexibility index (Phi) is 4.52. The van der Waals surface area contributed by atoms with E-state index in [4.69, 9.17) is 0 Å². The van der Waals surface area contributed by atoms with Crippen molar-refractivity contribution in [2.24, 2.45) is 0 Å². The smallest absolute Gasteiger partial charge is 0.127 e. The van der Waals surface area contributed by atoms with E-state index in [0.717, 1.165) is 18.4 Å². The van der Waals surface area contributed by atoms with Gasteiger partial charge in [0, 0.05) is 0 Å². The maximum Gasteiger partial charge on any atom is 0.127 e. The molecule has 0 aliphatic carbocycles. The van der Waals surface area contributed by atoms with Crippen LogP contribution in [-0.2, 0) is 6.42 Å². The van der Waals surface area contributed by atoms with Crippen molar-refractivity contribution in [1.29, 1.82) is 0 Å². The van der Waals surface area contributed by atoms with E-state index in [0.29, 0.717) is 0 Å². The summed E-state index contributed by atoms with van der Waals surface area (Å²) in [5, 5.41) is 0. The van der Waals surface area contributed by atoms with Gasteiger partial charge < -0.3 is 0 Å². The van der Waals surface area contributed by atoms with Crippen molar-refractivity contribution < 1.29 is 4.39 Å². The second kappa shape index (κ2) is 5.74. The number of benzene rings is 1. The van der Waals surface area contributed by atoms with Gasteiger partial charge in [0.1, 0.15) is 5.82 Å². The molecule has 1 radical (unpaired) electrons. The highest BCUT2D eigenvalue weighted by atomic mass is 19.1. The Morgan fingerprint density at radius 1 is 1.31 bits per heavy atom. The van der Waals surface area contributed by atoms with Gasteiger partial charge >= 0.3 is 0 Å². The van der Waals surface area contributed by atoms with Gasteiger partial charge in [0.15, 0.2) is 0 Å². The molecular formula is C12H16F. The Hall–Kier alpha value is -0.850. The predicted octanol–water partition coefficient (Wildman–Crippen LogP) is 3.75. The molecule has 0 unspecified atom stereocenters. The van der Waals surface area contributed by atoms with E-state index in [9.17, 15) is 4.39 Å². The van der Waals surface area contributed by atoms with Crippen molar-refractivity contribution in [2.45, 2.75) is 39.0 Å². The summed E-state index contributed by atoms with van der Waals surface area (Å²) in [6.45, 7) is 2.18. The molecule has 0 saturated carbocycles. The third-order valence-corrected chi connectivity index (χ3v) is 2.16. The van der Waals surface area contributed by atoms with Gasteiger partial charge in [0.05, 0.1) is 0 Å². The molecule has 0 amide bonds. The normalized spacial score (nSPS) is 10.3. The second-order valence-electron chi connectivity index (χ2n) is 3.31. The average molecular weight is 179 g/mol. The molecule has 1 aromatic rings. The van der Waals surface area contributed by atoms with Crippen molar-refractivity contribution in [3.63, 3.8) is 0 Å². The summed E-state index contributed by atoms with van der Waals surface area (Å²) < 4.78 is 13.1. The van der Waals surface area contributed by atoms with E-state index in [1.165, 1.54) is 25.3 Å². The summed E-state index contributed by atoms with van der Waals surface area (Å²) in [4.78, 5) is 0. The molecule has 0 heterocycles. The van der Waals surface area contributed by atoms with Crippen molar-refractivity contribution in [3.8, 4) is 0 Å². The number of aryl methyl sites for hydroxylation is 1. The van der Waals surface area contributed by atoms with Gasteiger partial charge in [0.2, 0.25) is 0 Å². The average Bonchev–Trinajstić information content (AvgIpc) is 2.15. The van der Waals surface area contributed by atoms with Gasteiger partial charge in [-0.1, -0.05) is 38.3 Å². The topological polar surface area (TPSA) is 0 Å². The van der Waals surface area contributed by atoms with E-state index in [1.807, 2.05) is 0 Å². The Morgan fingerprint density at radius 2 is 2.15 bits per heavy atom. The van der Waals surface area contributed by atoms with Crippen LogP contribution in [0, 0.1) is 11.9 Å². The molecule has 1 heteroatoms. The summed E-state index contributed by atoms with van der Waals surface area (Å²) in [6.07, 6.45) is 5.56. The van der Waals surface area contributed by atoms with E-state index in [2.05, 4.69) is 13.0 Å². The van der Waals surface area contributed by atoms with Crippen molar-refractivity contribution in [2.75, 3.05) is 0 Å². The van der Waals surface area contributed by atoms with Crippen molar-refractivity contribution >= 4 is 0 Å². The fourth-order valence-corrected chi connectivity index (χ4v) is 1.37. The molecule has 0 saturated heterocycles. The molecule has 0 aliphatic rings. The highest BCUT2D eigenvalue weighted by molar-refractivity contribution is 5.15. The lowest BCUT2D eigenvalue weighted by molar-refractivity contribution is 0.593. The standard InChI is InChI=1S/C12H16F/c1-2-3-4-5-8-11-9-6-7-10-12(11)13/h6-7,10H,2-5,8H2,1H3. The predicted molar refractivity (Wildman–Crippen MR) is 53.1 cm³/mol. The largest absolute Gasteiger partial charge is 0.207 e. The zero-order chi connectivity index (χ0) is 9.52. The minimum Gasteiger partial charge on any atom is -0.207 e. The second-order valence-corrected chi connectivity index (χ2v) is 3.31. The van der Waals surface area contributed by atoms with Crippen LogP contribution in [0.2, 0.25) is 0 Å². The van der Waals surface area contributed by atoms with Crippen LogP contribution >= 0.6 is 0 Å². The first-order valence-corrected chi connectivity index (χ1v) is 4.99. The molecule has 1 rings (SSSR count). The molecule has 0 aromatic heterocycles. The minimum atomic E-state index is -0.112. The van der Waals surface area contributed by atoms with Crippen LogP contribution in [0.25, 0.3) is 0 Å². The number of hydrogen-bond acceptors (Lipinski definition) is 0. The summed E-state index contributed by atoms with van der Waals surface area (Å²) in [5.41, 5.74) is 0.735. The third-order valence-electron chi connectivity index (χ3n) is 2.16. The fourth-order valence-electron chi connectivity index (χ4n) is 1.37. The van der Waals surface area contributed by atoms with Crippen LogP contribution in [0.5, 0.6) is 0 Å². The molecule has 0 spiro atoms. The van der Waals surface area contributed by atoms with Gasteiger partial charge in [-0.15, -0.1) is 0 Å². The molecule has 0 nitrogen and oxygen atoms in total. The first kappa shape index (κ1) is 10.2. The van der Waals surface area contributed by atoms with Gasteiger partial charge in [0.25, 0.3) is 0 Å². The summed E-state index contributed by atoms with van der Waals surface area (Å²) in [7, 11) is 0. The maximum absolute atomic E-state index is 13.1. The zero-order valence-electron chi connectivity index (χ0n) is 8.15. The highest BCUT2D eigenvalue weighted by Gasteiger charge is 1.99. The van der Waals surface area contributed by atoms with Crippen LogP contribution < -0.4 is 0 Å². The molecular weight excluding hydrogens is 163 g/mol. The van der Waals surface area contributed by atoms with Gasteiger partial charge in [-0.05, 0) is 30.5 Å². The SMILES string of the molecule is CCCCCCc1[c]cccc1F. The van der Waals surface area contributed by atoms with Crippen LogP contribution in [0.15, 0.2) is 18.2 Å². The number of halogens is 1. The van der Waals surface area contributed by atoms with Gasteiger partial charge in [-0.2, -0.15) is 0 Å². The molecule has 0 aliphatic heterocycles. The summed E-state index contributed by atoms with van der Waals surface area (Å²) >= 11 is 0. The number of hydrogen-bond donors (Lipinski definition) is 0. The lowest BCUT2D eigenvalue weighted by Gasteiger charge is -2.01. The quantitative estimate of drug-likeness (QED) is 0.604. The molecule has 0 fully saturated rings. The van der Waals surface area contributed by atoms with E-state index >= 15 is 0 Å². The third kappa shape index (κ3) is 3.58. The highest BCUT2D eigenvalue weighted by Crippen LogP contribution is 2.10.